The lowest BCUT2D eigenvalue weighted by Gasteiger charge is -2.23. The number of ether oxygens (including phenoxy) is 1. The Hall–Kier alpha value is -0.940. The summed E-state index contributed by atoms with van der Waals surface area (Å²) in [4.78, 5) is 4.57. The van der Waals surface area contributed by atoms with Crippen LogP contribution in [0.25, 0.3) is 0 Å². The first-order valence-electron chi connectivity index (χ1n) is 6.70. The number of rotatable bonds is 5. The lowest BCUT2D eigenvalue weighted by molar-refractivity contribution is -0.0178. The molecule has 2 N–H and O–H groups in total. The molecule has 0 aromatic carbocycles. The zero-order valence-electron chi connectivity index (χ0n) is 11.5. The maximum Gasteiger partial charge on any atom is 0.233 e. The van der Waals surface area contributed by atoms with E-state index in [0.29, 0.717) is 18.3 Å². The van der Waals surface area contributed by atoms with E-state index in [-0.39, 0.29) is 11.0 Å². The van der Waals surface area contributed by atoms with Crippen LogP contribution in [0.4, 0.5) is 0 Å². The van der Waals surface area contributed by atoms with Crippen molar-refractivity contribution in [3.8, 4) is 0 Å². The van der Waals surface area contributed by atoms with Gasteiger partial charge in [-0.1, -0.05) is 12.1 Å². The van der Waals surface area contributed by atoms with Crippen LogP contribution in [0, 0.1) is 0 Å². The fraction of sp³-hybridized carbons (Fsp3) is 0.846. The van der Waals surface area contributed by atoms with Gasteiger partial charge >= 0.3 is 0 Å². The minimum Gasteiger partial charge on any atom is -0.370 e. The van der Waals surface area contributed by atoms with Crippen LogP contribution in [0.2, 0.25) is 0 Å². The van der Waals surface area contributed by atoms with Crippen molar-refractivity contribution < 1.29 is 9.26 Å². The predicted molar refractivity (Wildman–Crippen MR) is 68.2 cm³/mol. The number of aromatic nitrogens is 2. The number of methoxy groups -OCH3 is 1. The molecule has 102 valence electrons. The summed E-state index contributed by atoms with van der Waals surface area (Å²) in [6.45, 7) is 4.64. The smallest absolute Gasteiger partial charge is 0.233 e. The number of nitrogens with zero attached hydrogens (tertiary/aromatic N) is 2. The van der Waals surface area contributed by atoms with Gasteiger partial charge in [0.15, 0.2) is 0 Å². The standard InChI is InChI=1S/C13H23N3O2/c1-4-12(2,9-14)11-15-10(16-18-11)13(17-3)7-5-6-8-13/h4-9,14H2,1-3H3. The van der Waals surface area contributed by atoms with Crippen molar-refractivity contribution in [1.29, 1.82) is 0 Å². The molecule has 1 heterocycles. The fourth-order valence-electron chi connectivity index (χ4n) is 2.50. The average Bonchev–Trinajstić information content (AvgIpc) is 3.06. The monoisotopic (exact) mass is 253 g/mol. The second kappa shape index (κ2) is 4.97. The van der Waals surface area contributed by atoms with Gasteiger partial charge in [-0.25, -0.2) is 0 Å². The molecule has 0 amide bonds. The Kier molecular flexibility index (Phi) is 3.73. The summed E-state index contributed by atoms with van der Waals surface area (Å²) in [5.74, 6) is 1.32. The molecular formula is C13H23N3O2. The first kappa shape index (κ1) is 13.5. The minimum atomic E-state index is -0.342. The SMILES string of the molecule is CCC(C)(CN)c1nc(C2(OC)CCCC2)no1. The number of hydrogen-bond donors (Lipinski definition) is 1. The van der Waals surface area contributed by atoms with Crippen molar-refractivity contribution in [2.24, 2.45) is 5.73 Å². The van der Waals surface area contributed by atoms with Gasteiger partial charge < -0.3 is 15.0 Å². The van der Waals surface area contributed by atoms with Crippen LogP contribution in [0.3, 0.4) is 0 Å². The van der Waals surface area contributed by atoms with Crippen LogP contribution in [-0.2, 0) is 15.8 Å². The third-order valence-corrected chi connectivity index (χ3v) is 4.38. The summed E-state index contributed by atoms with van der Waals surface area (Å²) in [7, 11) is 1.73. The van der Waals surface area contributed by atoms with Gasteiger partial charge in [0, 0.05) is 13.7 Å². The van der Waals surface area contributed by atoms with E-state index in [1.165, 1.54) is 0 Å². The van der Waals surface area contributed by atoms with Crippen molar-refractivity contribution in [3.63, 3.8) is 0 Å². The topological polar surface area (TPSA) is 74.2 Å². The highest BCUT2D eigenvalue weighted by Crippen LogP contribution is 2.40. The maximum atomic E-state index is 5.82. The summed E-state index contributed by atoms with van der Waals surface area (Å²) in [5.41, 5.74) is 5.24. The molecule has 1 unspecified atom stereocenters. The molecule has 0 saturated heterocycles. The van der Waals surface area contributed by atoms with E-state index in [9.17, 15) is 0 Å². The van der Waals surface area contributed by atoms with E-state index in [1.807, 2.05) is 0 Å². The van der Waals surface area contributed by atoms with Gasteiger partial charge in [0.1, 0.15) is 5.60 Å². The molecule has 1 saturated carbocycles. The highest BCUT2D eigenvalue weighted by atomic mass is 16.5. The lowest BCUT2D eigenvalue weighted by Crippen LogP contribution is -2.32. The Bertz CT molecular complexity index is 393. The molecule has 1 fully saturated rings. The summed E-state index contributed by atoms with van der Waals surface area (Å²) in [6.07, 6.45) is 5.12. The molecule has 5 heteroatoms. The number of nitrogens with two attached hydrogens (primary N) is 1. The van der Waals surface area contributed by atoms with Crippen molar-refractivity contribution in [2.45, 2.75) is 57.0 Å². The Morgan fingerprint density at radius 3 is 2.61 bits per heavy atom. The maximum absolute atomic E-state index is 5.82. The Labute approximate surface area is 108 Å². The molecule has 5 nitrogen and oxygen atoms in total. The van der Waals surface area contributed by atoms with Gasteiger partial charge in [0.25, 0.3) is 0 Å². The summed E-state index contributed by atoms with van der Waals surface area (Å²) in [5, 5.41) is 4.14. The Balaban J connectivity index is 2.30. The second-order valence-corrected chi connectivity index (χ2v) is 5.45. The molecule has 0 radical (unpaired) electrons. The molecular weight excluding hydrogens is 230 g/mol. The molecule has 2 rings (SSSR count). The minimum absolute atomic E-state index is 0.237. The van der Waals surface area contributed by atoms with Crippen molar-refractivity contribution >= 4 is 0 Å². The van der Waals surface area contributed by atoms with Crippen LogP contribution in [-0.4, -0.2) is 23.8 Å². The van der Waals surface area contributed by atoms with Gasteiger partial charge in [-0.2, -0.15) is 4.98 Å². The quantitative estimate of drug-likeness (QED) is 0.870. The first-order valence-corrected chi connectivity index (χ1v) is 6.70. The number of hydrogen-bond acceptors (Lipinski definition) is 5. The van der Waals surface area contributed by atoms with E-state index in [4.69, 9.17) is 15.0 Å². The molecule has 1 aliphatic rings. The van der Waals surface area contributed by atoms with Crippen molar-refractivity contribution in [3.05, 3.63) is 11.7 Å². The van der Waals surface area contributed by atoms with Crippen molar-refractivity contribution in [2.75, 3.05) is 13.7 Å². The predicted octanol–water partition coefficient (Wildman–Crippen LogP) is 2.11. The van der Waals surface area contributed by atoms with E-state index in [0.717, 1.165) is 32.1 Å². The molecule has 18 heavy (non-hydrogen) atoms. The fourth-order valence-corrected chi connectivity index (χ4v) is 2.50. The summed E-state index contributed by atoms with van der Waals surface area (Å²) in [6, 6.07) is 0. The first-order chi connectivity index (χ1) is 8.60. The van der Waals surface area contributed by atoms with Gasteiger partial charge in [0.05, 0.1) is 5.41 Å². The molecule has 1 aromatic heterocycles. The molecule has 1 aromatic rings. The average molecular weight is 253 g/mol. The highest BCUT2D eigenvalue weighted by molar-refractivity contribution is 5.09. The largest absolute Gasteiger partial charge is 0.370 e. The van der Waals surface area contributed by atoms with Crippen LogP contribution in [0.1, 0.15) is 57.7 Å². The van der Waals surface area contributed by atoms with Crippen LogP contribution in [0.15, 0.2) is 4.52 Å². The van der Waals surface area contributed by atoms with Crippen LogP contribution >= 0.6 is 0 Å². The molecule has 0 bridgehead atoms. The molecule has 1 atom stereocenters. The van der Waals surface area contributed by atoms with Gasteiger partial charge in [0.2, 0.25) is 11.7 Å². The van der Waals surface area contributed by atoms with Crippen molar-refractivity contribution in [1.82, 2.24) is 10.1 Å². The zero-order valence-corrected chi connectivity index (χ0v) is 11.5. The van der Waals surface area contributed by atoms with Crippen LogP contribution < -0.4 is 5.73 Å². The van der Waals surface area contributed by atoms with Gasteiger partial charge in [-0.05, 0) is 39.0 Å². The van der Waals surface area contributed by atoms with E-state index in [2.05, 4.69) is 24.0 Å². The van der Waals surface area contributed by atoms with Gasteiger partial charge in [-0.3, -0.25) is 0 Å². The van der Waals surface area contributed by atoms with Crippen LogP contribution in [0.5, 0.6) is 0 Å². The Morgan fingerprint density at radius 1 is 1.44 bits per heavy atom. The molecule has 0 aliphatic heterocycles. The molecule has 1 aliphatic carbocycles. The normalized spacial score (nSPS) is 22.0. The summed E-state index contributed by atoms with van der Waals surface area (Å²) < 4.78 is 11.1. The molecule has 0 spiro atoms. The van der Waals surface area contributed by atoms with E-state index < -0.39 is 0 Å². The lowest BCUT2D eigenvalue weighted by atomic mass is 9.87. The highest BCUT2D eigenvalue weighted by Gasteiger charge is 2.41. The Morgan fingerprint density at radius 2 is 2.11 bits per heavy atom. The second-order valence-electron chi connectivity index (χ2n) is 5.45. The van der Waals surface area contributed by atoms with Gasteiger partial charge in [-0.15, -0.1) is 0 Å². The third kappa shape index (κ3) is 2.06. The third-order valence-electron chi connectivity index (χ3n) is 4.38. The summed E-state index contributed by atoms with van der Waals surface area (Å²) >= 11 is 0. The van der Waals surface area contributed by atoms with E-state index >= 15 is 0 Å². The van der Waals surface area contributed by atoms with E-state index in [1.54, 1.807) is 7.11 Å². The zero-order chi connectivity index (χ0) is 13.2.